The van der Waals surface area contributed by atoms with Gasteiger partial charge in [0.05, 0.1) is 6.54 Å². The first kappa shape index (κ1) is 16.7. The average Bonchev–Trinajstić information content (AvgIpc) is 2.58. The molecule has 0 saturated heterocycles. The Balaban J connectivity index is 1.63. The molecule has 23 heavy (non-hydrogen) atoms. The van der Waals surface area contributed by atoms with Gasteiger partial charge in [0.2, 0.25) is 0 Å². The van der Waals surface area contributed by atoms with Crippen LogP contribution >= 0.6 is 12.2 Å². The number of benzene rings is 2. The van der Waals surface area contributed by atoms with Gasteiger partial charge in [0.1, 0.15) is 5.82 Å². The maximum absolute atomic E-state index is 12.8. The van der Waals surface area contributed by atoms with Gasteiger partial charge in [0.25, 0.3) is 5.91 Å². The van der Waals surface area contributed by atoms with E-state index in [1.165, 1.54) is 12.1 Å². The largest absolute Gasteiger partial charge is 0.376 e. The van der Waals surface area contributed by atoms with Crippen LogP contribution in [0.25, 0.3) is 0 Å². The van der Waals surface area contributed by atoms with Gasteiger partial charge < -0.3 is 10.6 Å². The maximum atomic E-state index is 12.8. The standard InChI is InChI=1S/C16H17FN4OS/c17-13-8-6-12(7-9-13)10-19-16(23)21-20-15(22)11-18-14-4-2-1-3-5-14/h1-9,18H,10-11H2,(H,20,22)(H2,19,21,23). The number of hydrogen-bond donors (Lipinski definition) is 4. The van der Waals surface area contributed by atoms with E-state index in [0.29, 0.717) is 6.54 Å². The number of para-hydroxylation sites is 1. The first-order valence-corrected chi connectivity index (χ1v) is 7.40. The van der Waals surface area contributed by atoms with Crippen molar-refractivity contribution in [3.8, 4) is 0 Å². The highest BCUT2D eigenvalue weighted by atomic mass is 32.1. The highest BCUT2D eigenvalue weighted by Crippen LogP contribution is 2.03. The molecular formula is C16H17FN4OS. The number of nitrogens with one attached hydrogen (secondary N) is 4. The zero-order chi connectivity index (χ0) is 16.5. The van der Waals surface area contributed by atoms with Crippen LogP contribution in [0.3, 0.4) is 0 Å². The molecule has 1 amide bonds. The molecule has 0 aliphatic rings. The summed E-state index contributed by atoms with van der Waals surface area (Å²) in [5.41, 5.74) is 6.83. The molecule has 0 spiro atoms. The molecule has 5 nitrogen and oxygen atoms in total. The van der Waals surface area contributed by atoms with E-state index in [9.17, 15) is 9.18 Å². The molecule has 0 radical (unpaired) electrons. The van der Waals surface area contributed by atoms with Crippen LogP contribution in [0.1, 0.15) is 5.56 Å². The van der Waals surface area contributed by atoms with Gasteiger partial charge in [-0.2, -0.15) is 0 Å². The van der Waals surface area contributed by atoms with E-state index < -0.39 is 0 Å². The van der Waals surface area contributed by atoms with E-state index in [4.69, 9.17) is 12.2 Å². The molecule has 2 aromatic carbocycles. The van der Waals surface area contributed by atoms with Crippen LogP contribution in [0.2, 0.25) is 0 Å². The molecule has 0 fully saturated rings. The van der Waals surface area contributed by atoms with Crippen molar-refractivity contribution >= 4 is 28.9 Å². The Morgan fingerprint density at radius 2 is 1.70 bits per heavy atom. The molecule has 0 heterocycles. The lowest BCUT2D eigenvalue weighted by Gasteiger charge is -2.12. The zero-order valence-corrected chi connectivity index (χ0v) is 13.1. The summed E-state index contributed by atoms with van der Waals surface area (Å²) in [6, 6.07) is 15.5. The van der Waals surface area contributed by atoms with E-state index in [2.05, 4.69) is 21.5 Å². The van der Waals surface area contributed by atoms with Gasteiger partial charge in [-0.15, -0.1) is 0 Å². The number of carbonyl (C=O) groups excluding carboxylic acids is 1. The quantitative estimate of drug-likeness (QED) is 0.498. The van der Waals surface area contributed by atoms with Gasteiger partial charge >= 0.3 is 0 Å². The lowest BCUT2D eigenvalue weighted by Crippen LogP contribution is -2.48. The lowest BCUT2D eigenvalue weighted by atomic mass is 10.2. The second kappa shape index (κ2) is 8.70. The Hall–Kier alpha value is -2.67. The number of thiocarbonyl (C=S) groups is 1. The summed E-state index contributed by atoms with van der Waals surface area (Å²) in [4.78, 5) is 11.7. The first-order chi connectivity index (χ1) is 11.1. The molecular weight excluding hydrogens is 315 g/mol. The molecule has 2 rings (SSSR count). The summed E-state index contributed by atoms with van der Waals surface area (Å²) in [5.74, 6) is -0.535. The molecule has 4 N–H and O–H groups in total. The van der Waals surface area contributed by atoms with E-state index in [1.807, 2.05) is 30.3 Å². The van der Waals surface area contributed by atoms with Crippen molar-refractivity contribution in [1.29, 1.82) is 0 Å². The summed E-state index contributed by atoms with van der Waals surface area (Å²) >= 11 is 5.04. The van der Waals surface area contributed by atoms with Crippen molar-refractivity contribution in [3.63, 3.8) is 0 Å². The normalized spacial score (nSPS) is 9.78. The van der Waals surface area contributed by atoms with Gasteiger partial charge in [-0.25, -0.2) is 4.39 Å². The Morgan fingerprint density at radius 3 is 2.39 bits per heavy atom. The maximum Gasteiger partial charge on any atom is 0.257 e. The average molecular weight is 332 g/mol. The molecule has 0 unspecified atom stereocenters. The fourth-order valence-corrected chi connectivity index (χ4v) is 1.86. The number of halogens is 1. The third-order valence-electron chi connectivity index (χ3n) is 2.91. The van der Waals surface area contributed by atoms with Gasteiger partial charge in [-0.3, -0.25) is 15.6 Å². The Bertz CT molecular complexity index is 649. The van der Waals surface area contributed by atoms with Crippen LogP contribution in [-0.2, 0) is 11.3 Å². The molecule has 0 saturated carbocycles. The second-order valence-electron chi connectivity index (χ2n) is 4.70. The minimum absolute atomic E-state index is 0.123. The number of amides is 1. The third-order valence-corrected chi connectivity index (χ3v) is 3.16. The lowest BCUT2D eigenvalue weighted by molar-refractivity contribution is -0.119. The Morgan fingerprint density at radius 1 is 1.00 bits per heavy atom. The summed E-state index contributed by atoms with van der Waals surface area (Å²) < 4.78 is 12.8. The van der Waals surface area contributed by atoms with E-state index in [1.54, 1.807) is 12.1 Å². The van der Waals surface area contributed by atoms with Crippen molar-refractivity contribution < 1.29 is 9.18 Å². The molecule has 120 valence electrons. The highest BCUT2D eigenvalue weighted by molar-refractivity contribution is 7.80. The van der Waals surface area contributed by atoms with Crippen molar-refractivity contribution in [1.82, 2.24) is 16.2 Å². The molecule has 0 aliphatic carbocycles. The molecule has 0 atom stereocenters. The minimum Gasteiger partial charge on any atom is -0.376 e. The van der Waals surface area contributed by atoms with Crippen LogP contribution in [0.15, 0.2) is 54.6 Å². The van der Waals surface area contributed by atoms with E-state index >= 15 is 0 Å². The van der Waals surface area contributed by atoms with Gasteiger partial charge in [0.15, 0.2) is 5.11 Å². The Kier molecular flexibility index (Phi) is 6.31. The number of anilines is 1. The van der Waals surface area contributed by atoms with Gasteiger partial charge in [0, 0.05) is 12.2 Å². The molecule has 0 bridgehead atoms. The number of rotatable bonds is 5. The Labute approximate surface area is 139 Å². The van der Waals surface area contributed by atoms with E-state index in [0.717, 1.165) is 11.3 Å². The minimum atomic E-state index is -0.285. The van der Waals surface area contributed by atoms with Crippen LogP contribution in [0, 0.1) is 5.82 Å². The number of hydrogen-bond acceptors (Lipinski definition) is 3. The SMILES string of the molecule is O=C(CNc1ccccc1)NNC(=S)NCc1ccc(F)cc1. The summed E-state index contributed by atoms with van der Waals surface area (Å²) in [6.45, 7) is 0.557. The van der Waals surface area contributed by atoms with E-state index in [-0.39, 0.29) is 23.4 Å². The summed E-state index contributed by atoms with van der Waals surface area (Å²) in [7, 11) is 0. The van der Waals surface area contributed by atoms with Crippen LogP contribution in [0.5, 0.6) is 0 Å². The predicted octanol–water partition coefficient (Wildman–Crippen LogP) is 1.93. The van der Waals surface area contributed by atoms with Crippen LogP contribution in [0.4, 0.5) is 10.1 Å². The molecule has 0 aliphatic heterocycles. The second-order valence-corrected chi connectivity index (χ2v) is 5.11. The molecule has 2 aromatic rings. The number of hydrazine groups is 1. The van der Waals surface area contributed by atoms with Crippen molar-refractivity contribution in [2.45, 2.75) is 6.54 Å². The zero-order valence-electron chi connectivity index (χ0n) is 12.3. The first-order valence-electron chi connectivity index (χ1n) is 6.99. The molecule has 7 heteroatoms. The van der Waals surface area contributed by atoms with Crippen molar-refractivity contribution in [2.24, 2.45) is 0 Å². The van der Waals surface area contributed by atoms with Crippen LogP contribution in [-0.4, -0.2) is 17.6 Å². The summed E-state index contributed by atoms with van der Waals surface area (Å²) in [5, 5.41) is 6.17. The predicted molar refractivity (Wildman–Crippen MR) is 92.0 cm³/mol. The topological polar surface area (TPSA) is 65.2 Å². The fourth-order valence-electron chi connectivity index (χ4n) is 1.74. The van der Waals surface area contributed by atoms with Gasteiger partial charge in [-0.1, -0.05) is 30.3 Å². The smallest absolute Gasteiger partial charge is 0.257 e. The van der Waals surface area contributed by atoms with Gasteiger partial charge in [-0.05, 0) is 42.0 Å². The fraction of sp³-hybridized carbons (Fsp3) is 0.125. The van der Waals surface area contributed by atoms with Crippen molar-refractivity contribution in [3.05, 3.63) is 66.0 Å². The monoisotopic (exact) mass is 332 g/mol. The summed E-state index contributed by atoms with van der Waals surface area (Å²) in [6.07, 6.45) is 0. The number of carbonyl (C=O) groups is 1. The van der Waals surface area contributed by atoms with Crippen molar-refractivity contribution in [2.75, 3.05) is 11.9 Å². The molecule has 0 aromatic heterocycles. The third kappa shape index (κ3) is 6.31. The highest BCUT2D eigenvalue weighted by Gasteiger charge is 2.02. The van der Waals surface area contributed by atoms with Crippen LogP contribution < -0.4 is 21.5 Å².